The van der Waals surface area contributed by atoms with E-state index in [9.17, 15) is 25.2 Å². The van der Waals surface area contributed by atoms with Crippen molar-refractivity contribution in [2.75, 3.05) is 6.61 Å². The van der Waals surface area contributed by atoms with Crippen molar-refractivity contribution in [2.24, 2.45) is 50.2 Å². The number of rotatable bonds is 2. The highest BCUT2D eigenvalue weighted by molar-refractivity contribution is 5.76. The molecule has 4 fully saturated rings. The molecular formula is C30H48O5. The normalized spacial score (nSPS) is 55.0. The van der Waals surface area contributed by atoms with Gasteiger partial charge < -0.3 is 20.4 Å². The number of hydrogen-bond acceptors (Lipinski definition) is 4. The Kier molecular flexibility index (Phi) is 5.56. The van der Waals surface area contributed by atoms with E-state index < -0.39 is 29.0 Å². The van der Waals surface area contributed by atoms with Crippen LogP contribution in [0.2, 0.25) is 0 Å². The molecule has 0 aromatic heterocycles. The Balaban J connectivity index is 1.63. The van der Waals surface area contributed by atoms with E-state index in [1.165, 1.54) is 5.57 Å². The summed E-state index contributed by atoms with van der Waals surface area (Å²) in [5, 5.41) is 43.6. The van der Waals surface area contributed by atoms with Gasteiger partial charge in [0.25, 0.3) is 0 Å². The molecule has 5 aliphatic rings. The van der Waals surface area contributed by atoms with Crippen LogP contribution in [-0.2, 0) is 4.79 Å². The third kappa shape index (κ3) is 3.07. The van der Waals surface area contributed by atoms with Gasteiger partial charge in [0.2, 0.25) is 0 Å². The first-order valence-corrected chi connectivity index (χ1v) is 14.0. The van der Waals surface area contributed by atoms with Crippen LogP contribution in [0.15, 0.2) is 11.6 Å². The van der Waals surface area contributed by atoms with E-state index in [-0.39, 0.29) is 40.1 Å². The van der Waals surface area contributed by atoms with Gasteiger partial charge in [0.15, 0.2) is 0 Å². The summed E-state index contributed by atoms with van der Waals surface area (Å²) in [5.74, 6) is -0.400. The Bertz CT molecular complexity index is 941. The number of aliphatic carboxylic acids is 1. The number of carboxylic acids is 1. The molecule has 198 valence electrons. The molecule has 0 aliphatic heterocycles. The summed E-state index contributed by atoms with van der Waals surface area (Å²) in [6.07, 6.45) is 8.44. The van der Waals surface area contributed by atoms with Crippen LogP contribution in [0, 0.1) is 50.2 Å². The van der Waals surface area contributed by atoms with Crippen LogP contribution in [0.25, 0.3) is 0 Å². The smallest absolute Gasteiger partial charge is 0.310 e. The molecule has 10 atom stereocenters. The monoisotopic (exact) mass is 488 g/mol. The summed E-state index contributed by atoms with van der Waals surface area (Å²) in [6, 6.07) is 0. The number of carboxylic acid groups (broad SMARTS) is 1. The van der Waals surface area contributed by atoms with E-state index >= 15 is 0 Å². The fourth-order valence-electron chi connectivity index (χ4n) is 10.8. The first-order valence-electron chi connectivity index (χ1n) is 14.0. The lowest BCUT2D eigenvalue weighted by atomic mass is 9.33. The molecule has 0 bridgehead atoms. The highest BCUT2D eigenvalue weighted by Gasteiger charge is 2.71. The van der Waals surface area contributed by atoms with Crippen molar-refractivity contribution in [3.63, 3.8) is 0 Å². The van der Waals surface area contributed by atoms with E-state index in [2.05, 4.69) is 40.7 Å². The maximum Gasteiger partial charge on any atom is 0.310 e. The summed E-state index contributed by atoms with van der Waals surface area (Å²) >= 11 is 0. The first-order chi connectivity index (χ1) is 16.1. The quantitative estimate of drug-likeness (QED) is 0.402. The zero-order valence-corrected chi connectivity index (χ0v) is 22.7. The molecule has 0 spiro atoms. The van der Waals surface area contributed by atoms with Crippen LogP contribution in [-0.4, -0.2) is 45.2 Å². The van der Waals surface area contributed by atoms with E-state index in [0.717, 1.165) is 38.5 Å². The van der Waals surface area contributed by atoms with E-state index in [4.69, 9.17) is 0 Å². The lowest BCUT2D eigenvalue weighted by Gasteiger charge is -2.72. The van der Waals surface area contributed by atoms with Crippen LogP contribution < -0.4 is 0 Å². The lowest BCUT2D eigenvalue weighted by Crippen LogP contribution is -2.69. The number of aliphatic hydroxyl groups excluding tert-OH is 3. The van der Waals surface area contributed by atoms with Crippen molar-refractivity contribution in [1.29, 1.82) is 0 Å². The summed E-state index contributed by atoms with van der Waals surface area (Å²) < 4.78 is 0. The molecule has 4 N–H and O–H groups in total. The summed E-state index contributed by atoms with van der Waals surface area (Å²) in [5.41, 5.74) is -0.397. The number of allylic oxidation sites excluding steroid dienone is 2. The second kappa shape index (κ2) is 7.57. The van der Waals surface area contributed by atoms with Gasteiger partial charge >= 0.3 is 5.97 Å². The maximum atomic E-state index is 12.8. The van der Waals surface area contributed by atoms with Gasteiger partial charge in [-0.1, -0.05) is 53.2 Å². The highest BCUT2D eigenvalue weighted by atomic mass is 16.4. The Morgan fingerprint density at radius 2 is 1.63 bits per heavy atom. The zero-order valence-electron chi connectivity index (χ0n) is 22.7. The summed E-state index contributed by atoms with van der Waals surface area (Å²) in [6.45, 7) is 13.5. The van der Waals surface area contributed by atoms with Crippen LogP contribution in [0.4, 0.5) is 0 Å². The van der Waals surface area contributed by atoms with Crippen LogP contribution in [0.5, 0.6) is 0 Å². The topological polar surface area (TPSA) is 98.0 Å². The van der Waals surface area contributed by atoms with Gasteiger partial charge in [0.05, 0.1) is 24.2 Å². The molecule has 5 rings (SSSR count). The Labute approximate surface area is 211 Å². The van der Waals surface area contributed by atoms with E-state index in [1.807, 2.05) is 6.92 Å². The molecular weight excluding hydrogens is 440 g/mol. The molecule has 0 radical (unpaired) electrons. The molecule has 0 heterocycles. The van der Waals surface area contributed by atoms with E-state index in [0.29, 0.717) is 25.2 Å². The van der Waals surface area contributed by atoms with Gasteiger partial charge in [-0.15, -0.1) is 0 Å². The highest BCUT2D eigenvalue weighted by Crippen LogP contribution is 2.75. The minimum Gasteiger partial charge on any atom is -0.481 e. The standard InChI is InChI=1S/C30H48O5/c1-25(2)11-13-30(24(34)35)14-12-28(5)18(19(30)15-25)7-8-21-26(3)10-9-22(33)27(4,17-31)23(26)20(32)16-29(21,28)6/h7,19-23,31-33H,8-17H2,1-6H3,(H,34,35)/t19-,20-,21+,22-,23+,26+,27-,28+,29+,30-/m0/s1. The molecule has 5 nitrogen and oxygen atoms in total. The SMILES string of the molecule is CC1(C)CC[C@]2(C(=O)O)CC[C@]3(C)C(=CC[C@@H]4[C@@]5(C)CC[C@H](O)[C@](C)(CO)[C@@H]5[C@@H](O)C[C@]43C)[C@@H]2C1. The number of hydrogen-bond donors (Lipinski definition) is 4. The van der Waals surface area contributed by atoms with E-state index in [1.54, 1.807) is 0 Å². The number of carbonyl (C=O) groups is 1. The van der Waals surface area contributed by atoms with Crippen molar-refractivity contribution in [3.05, 3.63) is 11.6 Å². The second-order valence-corrected chi connectivity index (χ2v) is 15.1. The number of aliphatic hydroxyl groups is 3. The van der Waals surface area contributed by atoms with Crippen LogP contribution in [0.1, 0.15) is 99.3 Å². The molecule has 0 aromatic carbocycles. The lowest BCUT2D eigenvalue weighted by molar-refractivity contribution is -0.252. The Morgan fingerprint density at radius 1 is 0.971 bits per heavy atom. The predicted molar refractivity (Wildman–Crippen MR) is 135 cm³/mol. The Hall–Kier alpha value is -0.910. The fourth-order valence-corrected chi connectivity index (χ4v) is 10.8. The molecule has 4 saturated carbocycles. The predicted octanol–water partition coefficient (Wildman–Crippen LogP) is 5.18. The molecule has 5 aliphatic carbocycles. The van der Waals surface area contributed by atoms with Crippen molar-refractivity contribution in [2.45, 2.75) is 112 Å². The van der Waals surface area contributed by atoms with Crippen molar-refractivity contribution >= 4 is 5.97 Å². The van der Waals surface area contributed by atoms with Gasteiger partial charge in [-0.2, -0.15) is 0 Å². The average molecular weight is 489 g/mol. The molecule has 0 unspecified atom stereocenters. The molecule has 0 amide bonds. The zero-order chi connectivity index (χ0) is 25.8. The summed E-state index contributed by atoms with van der Waals surface area (Å²) in [7, 11) is 0. The minimum atomic E-state index is -0.711. The minimum absolute atomic E-state index is 0.0545. The van der Waals surface area contributed by atoms with Gasteiger partial charge in [0.1, 0.15) is 0 Å². The van der Waals surface area contributed by atoms with Crippen molar-refractivity contribution < 1.29 is 25.2 Å². The maximum absolute atomic E-state index is 12.8. The van der Waals surface area contributed by atoms with Crippen LogP contribution in [0.3, 0.4) is 0 Å². The van der Waals surface area contributed by atoms with Gasteiger partial charge in [-0.25, -0.2) is 0 Å². The third-order valence-electron chi connectivity index (χ3n) is 13.1. The van der Waals surface area contributed by atoms with Crippen LogP contribution >= 0.6 is 0 Å². The molecule has 35 heavy (non-hydrogen) atoms. The first kappa shape index (κ1) is 25.7. The summed E-state index contributed by atoms with van der Waals surface area (Å²) in [4.78, 5) is 12.8. The Morgan fingerprint density at radius 3 is 2.26 bits per heavy atom. The van der Waals surface area contributed by atoms with Gasteiger partial charge in [-0.3, -0.25) is 4.79 Å². The van der Waals surface area contributed by atoms with Gasteiger partial charge in [0, 0.05) is 11.3 Å². The molecule has 5 heteroatoms. The fraction of sp³-hybridized carbons (Fsp3) is 0.900. The average Bonchev–Trinajstić information content (AvgIpc) is 2.76. The third-order valence-corrected chi connectivity index (χ3v) is 13.1. The molecule has 0 aromatic rings. The molecule has 0 saturated heterocycles. The largest absolute Gasteiger partial charge is 0.481 e. The van der Waals surface area contributed by atoms with Crippen molar-refractivity contribution in [3.8, 4) is 0 Å². The number of fused-ring (bicyclic) bond motifs is 7. The van der Waals surface area contributed by atoms with Gasteiger partial charge in [-0.05, 0) is 91.3 Å². The van der Waals surface area contributed by atoms with Crippen molar-refractivity contribution in [1.82, 2.24) is 0 Å². The second-order valence-electron chi connectivity index (χ2n) is 15.1.